The monoisotopic (exact) mass is 339 g/mol. The summed E-state index contributed by atoms with van der Waals surface area (Å²) >= 11 is 0. The van der Waals surface area contributed by atoms with Crippen LogP contribution in [0, 0.1) is 0 Å². The minimum atomic E-state index is -0.180. The van der Waals surface area contributed by atoms with Gasteiger partial charge in [-0.3, -0.25) is 0 Å². The molecule has 5 nitrogen and oxygen atoms in total. The molecule has 2 heterocycles. The third-order valence-electron chi connectivity index (χ3n) is 4.40. The van der Waals surface area contributed by atoms with Crippen LogP contribution in [0.2, 0.25) is 0 Å². The number of ether oxygens (including phenoxy) is 1. The number of nitrogens with zero attached hydrogens (tertiary/aromatic N) is 2. The number of para-hydroxylation sites is 1. The second-order valence-corrected chi connectivity index (χ2v) is 6.12. The lowest BCUT2D eigenvalue weighted by atomic mass is 10.1. The lowest BCUT2D eigenvalue weighted by molar-refractivity contribution is 0.145. The van der Waals surface area contributed by atoms with Crippen LogP contribution in [0.15, 0.2) is 48.7 Å². The van der Waals surface area contributed by atoms with Crippen LogP contribution in [0.1, 0.15) is 18.4 Å². The summed E-state index contributed by atoms with van der Waals surface area (Å²) in [6.07, 6.45) is 7.36. The van der Waals surface area contributed by atoms with Gasteiger partial charge in [0, 0.05) is 31.4 Å². The Morgan fingerprint density at radius 2 is 2.04 bits per heavy atom. The third kappa shape index (κ3) is 4.51. The maximum absolute atomic E-state index is 9.69. The zero-order valence-corrected chi connectivity index (χ0v) is 14.6. The van der Waals surface area contributed by atoms with Crippen molar-refractivity contribution in [3.05, 3.63) is 54.2 Å². The molecule has 1 fully saturated rings. The van der Waals surface area contributed by atoms with E-state index in [1.54, 1.807) is 7.11 Å². The summed E-state index contributed by atoms with van der Waals surface area (Å²) in [7, 11) is 1.68. The predicted molar refractivity (Wildman–Crippen MR) is 102 cm³/mol. The fraction of sp³-hybridized carbons (Fsp3) is 0.350. The number of aromatic nitrogens is 1. The van der Waals surface area contributed by atoms with Crippen molar-refractivity contribution in [2.24, 2.45) is 0 Å². The molecule has 0 unspecified atom stereocenters. The molecule has 1 aliphatic rings. The van der Waals surface area contributed by atoms with Crippen LogP contribution in [0.3, 0.4) is 0 Å². The van der Waals surface area contributed by atoms with Crippen molar-refractivity contribution in [3.8, 4) is 5.75 Å². The normalized spacial score (nSPS) is 15.5. The van der Waals surface area contributed by atoms with Gasteiger partial charge in [-0.2, -0.15) is 0 Å². The van der Waals surface area contributed by atoms with Crippen LogP contribution in [0.5, 0.6) is 5.75 Å². The standard InChI is InChI=1S/C20H25N3O2/c1-25-19-9-3-2-6-16(19)7-4-12-21-18-8-5-13-22-20(18)23-14-10-17(24)11-15-23/h2-9,13,17,21,24H,10-12,14-15H2,1H3/b7-4+. The number of nitrogens with one attached hydrogen (secondary N) is 1. The van der Waals surface area contributed by atoms with Crippen LogP contribution in [0.4, 0.5) is 11.5 Å². The number of rotatable bonds is 6. The van der Waals surface area contributed by atoms with Crippen molar-refractivity contribution in [3.63, 3.8) is 0 Å². The molecular weight excluding hydrogens is 314 g/mol. The first-order valence-corrected chi connectivity index (χ1v) is 8.69. The molecule has 1 aliphatic heterocycles. The molecule has 2 N–H and O–H groups in total. The van der Waals surface area contributed by atoms with Crippen LogP contribution in [-0.2, 0) is 0 Å². The molecule has 1 aromatic heterocycles. The summed E-state index contributed by atoms with van der Waals surface area (Å²) in [5.41, 5.74) is 2.08. The molecule has 25 heavy (non-hydrogen) atoms. The molecule has 2 aromatic rings. The highest BCUT2D eigenvalue weighted by atomic mass is 16.5. The van der Waals surface area contributed by atoms with Gasteiger partial charge in [0.2, 0.25) is 0 Å². The first-order valence-electron chi connectivity index (χ1n) is 8.69. The van der Waals surface area contributed by atoms with E-state index in [1.165, 1.54) is 0 Å². The Kier molecular flexibility index (Phi) is 5.90. The fourth-order valence-electron chi connectivity index (χ4n) is 3.02. The van der Waals surface area contributed by atoms with Gasteiger partial charge in [0.15, 0.2) is 5.82 Å². The number of hydrogen-bond acceptors (Lipinski definition) is 5. The van der Waals surface area contributed by atoms with E-state index in [-0.39, 0.29) is 6.10 Å². The van der Waals surface area contributed by atoms with Gasteiger partial charge in [-0.1, -0.05) is 30.4 Å². The summed E-state index contributed by atoms with van der Waals surface area (Å²) in [4.78, 5) is 6.76. The lowest BCUT2D eigenvalue weighted by Crippen LogP contribution is -2.36. The maximum Gasteiger partial charge on any atom is 0.151 e. The van der Waals surface area contributed by atoms with E-state index < -0.39 is 0 Å². The number of hydrogen-bond donors (Lipinski definition) is 2. The van der Waals surface area contributed by atoms with E-state index in [2.05, 4.69) is 27.4 Å². The molecule has 0 amide bonds. The number of benzene rings is 1. The van der Waals surface area contributed by atoms with Gasteiger partial charge < -0.3 is 20.1 Å². The smallest absolute Gasteiger partial charge is 0.151 e. The Hall–Kier alpha value is -2.53. The largest absolute Gasteiger partial charge is 0.496 e. The molecule has 1 saturated heterocycles. The first-order chi connectivity index (χ1) is 12.3. The highest BCUT2D eigenvalue weighted by Gasteiger charge is 2.19. The van der Waals surface area contributed by atoms with Gasteiger partial charge in [0.25, 0.3) is 0 Å². The van der Waals surface area contributed by atoms with Gasteiger partial charge in [-0.15, -0.1) is 0 Å². The average Bonchev–Trinajstić information content (AvgIpc) is 2.66. The SMILES string of the molecule is COc1ccccc1/C=C/CNc1cccnc1N1CCC(O)CC1. The van der Waals surface area contributed by atoms with Gasteiger partial charge in [-0.05, 0) is 31.0 Å². The molecule has 3 rings (SSSR count). The highest BCUT2D eigenvalue weighted by molar-refractivity contribution is 5.66. The minimum Gasteiger partial charge on any atom is -0.496 e. The molecule has 5 heteroatoms. The molecule has 0 spiro atoms. The fourth-order valence-corrected chi connectivity index (χ4v) is 3.02. The quantitative estimate of drug-likeness (QED) is 0.846. The Balaban J connectivity index is 1.63. The van der Waals surface area contributed by atoms with Gasteiger partial charge >= 0.3 is 0 Å². The summed E-state index contributed by atoms with van der Waals surface area (Å²) in [6, 6.07) is 11.9. The van der Waals surface area contributed by atoms with Crippen molar-refractivity contribution >= 4 is 17.6 Å². The Morgan fingerprint density at radius 3 is 2.84 bits per heavy atom. The number of methoxy groups -OCH3 is 1. The second-order valence-electron chi connectivity index (χ2n) is 6.12. The molecule has 132 valence electrons. The van der Waals surface area contributed by atoms with E-state index >= 15 is 0 Å². The maximum atomic E-state index is 9.69. The topological polar surface area (TPSA) is 57.6 Å². The van der Waals surface area contributed by atoms with Gasteiger partial charge in [-0.25, -0.2) is 4.98 Å². The van der Waals surface area contributed by atoms with Crippen molar-refractivity contribution in [1.82, 2.24) is 4.98 Å². The van der Waals surface area contributed by atoms with E-state index in [4.69, 9.17) is 4.74 Å². The van der Waals surface area contributed by atoms with E-state index in [0.29, 0.717) is 6.54 Å². The minimum absolute atomic E-state index is 0.180. The van der Waals surface area contributed by atoms with Crippen molar-refractivity contribution in [1.29, 1.82) is 0 Å². The Morgan fingerprint density at radius 1 is 1.24 bits per heavy atom. The number of anilines is 2. The van der Waals surface area contributed by atoms with Crippen LogP contribution >= 0.6 is 0 Å². The Labute approximate surface area is 149 Å². The molecule has 0 atom stereocenters. The third-order valence-corrected chi connectivity index (χ3v) is 4.40. The molecular formula is C20H25N3O2. The number of aliphatic hydroxyl groups is 1. The molecule has 1 aromatic carbocycles. The summed E-state index contributed by atoms with van der Waals surface area (Å²) in [5.74, 6) is 1.83. The zero-order valence-electron chi connectivity index (χ0n) is 14.6. The number of piperidine rings is 1. The van der Waals surface area contributed by atoms with Gasteiger partial charge in [0.1, 0.15) is 5.75 Å². The average molecular weight is 339 g/mol. The van der Waals surface area contributed by atoms with Crippen LogP contribution in [-0.4, -0.2) is 42.9 Å². The Bertz CT molecular complexity index is 710. The number of aliphatic hydroxyl groups excluding tert-OH is 1. The molecule has 0 aliphatic carbocycles. The summed E-state index contributed by atoms with van der Waals surface area (Å²) in [5, 5.41) is 13.1. The van der Waals surface area contributed by atoms with Crippen LogP contribution in [0.25, 0.3) is 6.08 Å². The summed E-state index contributed by atoms with van der Waals surface area (Å²) < 4.78 is 5.36. The predicted octanol–water partition coefficient (Wildman–Crippen LogP) is 3.18. The molecule has 0 radical (unpaired) electrons. The van der Waals surface area contributed by atoms with E-state index in [1.807, 2.05) is 42.6 Å². The summed E-state index contributed by atoms with van der Waals surface area (Å²) in [6.45, 7) is 2.38. The lowest BCUT2D eigenvalue weighted by Gasteiger charge is -2.31. The van der Waals surface area contributed by atoms with Crippen molar-refractivity contribution < 1.29 is 9.84 Å². The van der Waals surface area contributed by atoms with E-state index in [0.717, 1.165) is 48.7 Å². The first kappa shape index (κ1) is 17.3. The van der Waals surface area contributed by atoms with E-state index in [9.17, 15) is 5.11 Å². The van der Waals surface area contributed by atoms with Crippen molar-refractivity contribution in [2.45, 2.75) is 18.9 Å². The molecule has 0 saturated carbocycles. The zero-order chi connectivity index (χ0) is 17.5. The van der Waals surface area contributed by atoms with Crippen LogP contribution < -0.4 is 15.0 Å². The highest BCUT2D eigenvalue weighted by Crippen LogP contribution is 2.26. The van der Waals surface area contributed by atoms with Crippen molar-refractivity contribution in [2.75, 3.05) is 37.0 Å². The second kappa shape index (κ2) is 8.53. The number of pyridine rings is 1. The van der Waals surface area contributed by atoms with Gasteiger partial charge in [0.05, 0.1) is 18.9 Å². The molecule has 0 bridgehead atoms.